The van der Waals surface area contributed by atoms with Gasteiger partial charge in [-0.25, -0.2) is 5.48 Å². The summed E-state index contributed by atoms with van der Waals surface area (Å²) in [5.41, 5.74) is 9.87. The monoisotopic (exact) mass is 420 g/mol. The van der Waals surface area contributed by atoms with Crippen LogP contribution in [-0.4, -0.2) is 28.5 Å². The maximum Gasteiger partial charge on any atom is 0.243 e. The highest BCUT2D eigenvalue weighted by Gasteiger charge is 2.23. The number of rotatable bonds is 7. The maximum atomic E-state index is 13.2. The standard InChI is InChI=1S/C26H32N2O3/c1-4-20-7-5-6-8-23(20)24(18(2)3)16-26(30)28-14-13-21-11-9-19(15-22(21)17-28)10-12-25(29)27-31/h5-9,11,15,31H,4,10,12-14,16-17H2,1-3H3,(H,27,29). The molecule has 0 unspecified atom stereocenters. The topological polar surface area (TPSA) is 69.6 Å². The number of hydrogen-bond acceptors (Lipinski definition) is 3. The van der Waals surface area contributed by atoms with Crippen molar-refractivity contribution in [3.8, 4) is 0 Å². The number of nitrogens with one attached hydrogen (secondary N) is 1. The number of carbonyl (C=O) groups is 2. The molecule has 0 atom stereocenters. The predicted molar refractivity (Wildman–Crippen MR) is 123 cm³/mol. The Hall–Kier alpha value is -2.92. The Balaban J connectivity index is 1.73. The highest BCUT2D eigenvalue weighted by atomic mass is 16.5. The van der Waals surface area contributed by atoms with E-state index in [1.54, 1.807) is 5.48 Å². The molecule has 0 saturated heterocycles. The minimum absolute atomic E-state index is 0.151. The van der Waals surface area contributed by atoms with E-state index in [4.69, 9.17) is 5.21 Å². The second-order valence-electron chi connectivity index (χ2n) is 8.37. The van der Waals surface area contributed by atoms with E-state index in [-0.39, 0.29) is 12.3 Å². The summed E-state index contributed by atoms with van der Waals surface area (Å²) in [6.45, 7) is 7.63. The van der Waals surface area contributed by atoms with Crippen molar-refractivity contribution in [2.45, 2.75) is 59.4 Å². The second-order valence-corrected chi connectivity index (χ2v) is 8.37. The number of hydroxylamine groups is 1. The number of fused-ring (bicyclic) bond motifs is 1. The number of amides is 2. The summed E-state index contributed by atoms with van der Waals surface area (Å²) in [7, 11) is 0. The zero-order valence-electron chi connectivity index (χ0n) is 18.7. The van der Waals surface area contributed by atoms with E-state index in [1.807, 2.05) is 17.0 Å². The smallest absolute Gasteiger partial charge is 0.243 e. The van der Waals surface area contributed by atoms with Gasteiger partial charge in [-0.05, 0) is 66.5 Å². The van der Waals surface area contributed by atoms with Crippen molar-refractivity contribution in [1.82, 2.24) is 10.4 Å². The fraction of sp³-hybridized carbons (Fsp3) is 0.385. The molecule has 3 rings (SSSR count). The number of benzene rings is 2. The fourth-order valence-corrected chi connectivity index (χ4v) is 4.22. The Morgan fingerprint density at radius 1 is 1.10 bits per heavy atom. The molecule has 0 bridgehead atoms. The first kappa shape index (κ1) is 22.8. The zero-order valence-corrected chi connectivity index (χ0v) is 18.7. The van der Waals surface area contributed by atoms with Crippen LogP contribution in [0.25, 0.3) is 5.57 Å². The van der Waals surface area contributed by atoms with Crippen LogP contribution in [0, 0.1) is 0 Å². The molecule has 1 aliphatic heterocycles. The SMILES string of the molecule is CCc1ccccc1C(CC(=O)N1CCc2ccc(CCC(=O)NO)cc2C1)=C(C)C. The normalized spacial score (nSPS) is 12.8. The molecule has 0 aromatic heterocycles. The predicted octanol–water partition coefficient (Wildman–Crippen LogP) is 4.46. The van der Waals surface area contributed by atoms with Crippen molar-refractivity contribution in [2.24, 2.45) is 0 Å². The first-order valence-corrected chi connectivity index (χ1v) is 11.0. The lowest BCUT2D eigenvalue weighted by atomic mass is 9.91. The third-order valence-corrected chi connectivity index (χ3v) is 6.06. The van der Waals surface area contributed by atoms with Crippen LogP contribution in [0.3, 0.4) is 0 Å². The molecule has 31 heavy (non-hydrogen) atoms. The third kappa shape index (κ3) is 5.61. The van der Waals surface area contributed by atoms with Crippen molar-refractivity contribution >= 4 is 17.4 Å². The number of carbonyl (C=O) groups excluding carboxylic acids is 2. The largest absolute Gasteiger partial charge is 0.338 e. The average Bonchev–Trinajstić information content (AvgIpc) is 2.79. The summed E-state index contributed by atoms with van der Waals surface area (Å²) in [4.78, 5) is 26.5. The molecular weight excluding hydrogens is 388 g/mol. The quantitative estimate of drug-likeness (QED) is 0.513. The van der Waals surface area contributed by atoms with Crippen molar-refractivity contribution in [1.29, 1.82) is 0 Å². The lowest BCUT2D eigenvalue weighted by Crippen LogP contribution is -2.36. The van der Waals surface area contributed by atoms with Gasteiger partial charge in [0.15, 0.2) is 0 Å². The van der Waals surface area contributed by atoms with Gasteiger partial charge in [0.05, 0.1) is 6.42 Å². The molecule has 5 nitrogen and oxygen atoms in total. The number of allylic oxidation sites excluding steroid dienone is 1. The van der Waals surface area contributed by atoms with Gasteiger partial charge in [0, 0.05) is 19.5 Å². The van der Waals surface area contributed by atoms with Crippen LogP contribution < -0.4 is 5.48 Å². The van der Waals surface area contributed by atoms with E-state index in [1.165, 1.54) is 22.3 Å². The number of nitrogens with zero attached hydrogens (tertiary/aromatic N) is 1. The summed E-state index contributed by atoms with van der Waals surface area (Å²) in [6.07, 6.45) is 2.98. The number of hydrogen-bond donors (Lipinski definition) is 2. The highest BCUT2D eigenvalue weighted by molar-refractivity contribution is 5.90. The van der Waals surface area contributed by atoms with Crippen molar-refractivity contribution in [3.63, 3.8) is 0 Å². The molecule has 2 amide bonds. The molecule has 5 heteroatoms. The Morgan fingerprint density at radius 2 is 1.87 bits per heavy atom. The van der Waals surface area contributed by atoms with Gasteiger partial charge in [-0.3, -0.25) is 14.8 Å². The summed E-state index contributed by atoms with van der Waals surface area (Å²) in [5, 5.41) is 8.68. The third-order valence-electron chi connectivity index (χ3n) is 6.06. The molecule has 0 saturated carbocycles. The first-order chi connectivity index (χ1) is 14.9. The fourth-order valence-electron chi connectivity index (χ4n) is 4.22. The van der Waals surface area contributed by atoms with E-state index < -0.39 is 5.91 Å². The molecule has 0 aliphatic carbocycles. The Bertz CT molecular complexity index is 990. The number of aryl methyl sites for hydroxylation is 2. The van der Waals surface area contributed by atoms with Crippen molar-refractivity contribution < 1.29 is 14.8 Å². The van der Waals surface area contributed by atoms with Gasteiger partial charge in [0.1, 0.15) is 0 Å². The molecule has 1 heterocycles. The maximum absolute atomic E-state index is 13.2. The lowest BCUT2D eigenvalue weighted by molar-refractivity contribution is -0.131. The van der Waals surface area contributed by atoms with Gasteiger partial charge in [-0.2, -0.15) is 0 Å². The minimum atomic E-state index is -0.392. The first-order valence-electron chi connectivity index (χ1n) is 11.0. The summed E-state index contributed by atoms with van der Waals surface area (Å²) >= 11 is 0. The molecule has 0 spiro atoms. The summed E-state index contributed by atoms with van der Waals surface area (Å²) in [5.74, 6) is -0.242. The summed E-state index contributed by atoms with van der Waals surface area (Å²) < 4.78 is 0. The highest BCUT2D eigenvalue weighted by Crippen LogP contribution is 2.28. The van der Waals surface area contributed by atoms with E-state index >= 15 is 0 Å². The molecular formula is C26H32N2O3. The van der Waals surface area contributed by atoms with Crippen LogP contribution in [0.1, 0.15) is 61.4 Å². The Morgan fingerprint density at radius 3 is 2.58 bits per heavy atom. The lowest BCUT2D eigenvalue weighted by Gasteiger charge is -2.30. The molecule has 1 aliphatic rings. The average molecular weight is 421 g/mol. The van der Waals surface area contributed by atoms with Crippen LogP contribution in [0.2, 0.25) is 0 Å². The van der Waals surface area contributed by atoms with E-state index in [0.717, 1.165) is 36.1 Å². The minimum Gasteiger partial charge on any atom is -0.338 e. The zero-order chi connectivity index (χ0) is 22.4. The van der Waals surface area contributed by atoms with Gasteiger partial charge in [-0.1, -0.05) is 55.0 Å². The van der Waals surface area contributed by atoms with Crippen LogP contribution in [0.4, 0.5) is 0 Å². The van der Waals surface area contributed by atoms with Crippen LogP contribution in [-0.2, 0) is 35.4 Å². The molecule has 0 fully saturated rings. The van der Waals surface area contributed by atoms with Crippen molar-refractivity contribution in [3.05, 3.63) is 75.9 Å². The summed E-state index contributed by atoms with van der Waals surface area (Å²) in [6, 6.07) is 14.6. The molecule has 2 aromatic carbocycles. The Labute approximate surface area is 184 Å². The van der Waals surface area contributed by atoms with Crippen LogP contribution in [0.15, 0.2) is 48.0 Å². The van der Waals surface area contributed by atoms with E-state index in [0.29, 0.717) is 19.4 Å². The van der Waals surface area contributed by atoms with Gasteiger partial charge >= 0.3 is 0 Å². The van der Waals surface area contributed by atoms with Gasteiger partial charge in [-0.15, -0.1) is 0 Å². The van der Waals surface area contributed by atoms with Gasteiger partial charge in [0.2, 0.25) is 11.8 Å². The second kappa shape index (κ2) is 10.4. The van der Waals surface area contributed by atoms with Gasteiger partial charge in [0.25, 0.3) is 0 Å². The Kier molecular flexibility index (Phi) is 7.64. The van der Waals surface area contributed by atoms with E-state index in [9.17, 15) is 9.59 Å². The van der Waals surface area contributed by atoms with Crippen molar-refractivity contribution in [2.75, 3.05) is 6.54 Å². The van der Waals surface area contributed by atoms with Gasteiger partial charge < -0.3 is 4.90 Å². The van der Waals surface area contributed by atoms with E-state index in [2.05, 4.69) is 51.1 Å². The molecule has 0 radical (unpaired) electrons. The molecule has 164 valence electrons. The van der Waals surface area contributed by atoms with Crippen LogP contribution >= 0.6 is 0 Å². The molecule has 2 N–H and O–H groups in total. The van der Waals surface area contributed by atoms with Crippen LogP contribution in [0.5, 0.6) is 0 Å². The molecule has 2 aromatic rings.